The molecule has 2 unspecified atom stereocenters. The largest absolute Gasteiger partial charge is 0.393 e. The number of aliphatic hydroxyl groups is 1. The minimum absolute atomic E-state index is 0.0973. The Kier molecular flexibility index (Phi) is 4.45. The average molecular weight is 308 g/mol. The van der Waals surface area contributed by atoms with Gasteiger partial charge in [0.1, 0.15) is 10.7 Å². The predicted octanol–water partition coefficient (Wildman–Crippen LogP) is 1.92. The van der Waals surface area contributed by atoms with E-state index < -0.39 is 20.7 Å². The first-order valence-electron chi connectivity index (χ1n) is 6.01. The van der Waals surface area contributed by atoms with E-state index in [1.165, 1.54) is 6.07 Å². The van der Waals surface area contributed by atoms with Crippen LogP contribution in [0.3, 0.4) is 0 Å². The van der Waals surface area contributed by atoms with Crippen molar-refractivity contribution in [2.24, 2.45) is 5.92 Å². The zero-order valence-electron chi connectivity index (χ0n) is 10.1. The highest BCUT2D eigenvalue weighted by atomic mass is 35.5. The third-order valence-corrected chi connectivity index (χ3v) is 4.95. The van der Waals surface area contributed by atoms with Crippen LogP contribution < -0.4 is 4.72 Å². The highest BCUT2D eigenvalue weighted by molar-refractivity contribution is 7.89. The lowest BCUT2D eigenvalue weighted by molar-refractivity contribution is 0.178. The molecule has 0 aromatic heterocycles. The lowest BCUT2D eigenvalue weighted by Crippen LogP contribution is -2.29. The Labute approximate surface area is 116 Å². The van der Waals surface area contributed by atoms with E-state index in [1.54, 1.807) is 0 Å². The van der Waals surface area contributed by atoms with Crippen molar-refractivity contribution in [3.05, 3.63) is 29.0 Å². The highest BCUT2D eigenvalue weighted by Crippen LogP contribution is 2.25. The monoisotopic (exact) mass is 307 g/mol. The number of rotatable bonds is 4. The van der Waals surface area contributed by atoms with Crippen molar-refractivity contribution >= 4 is 21.6 Å². The second-order valence-electron chi connectivity index (χ2n) is 4.76. The molecule has 1 saturated carbocycles. The van der Waals surface area contributed by atoms with E-state index in [0.29, 0.717) is 12.8 Å². The summed E-state index contributed by atoms with van der Waals surface area (Å²) in [7, 11) is -3.88. The Morgan fingerprint density at radius 2 is 2.16 bits per heavy atom. The van der Waals surface area contributed by atoms with E-state index in [9.17, 15) is 17.9 Å². The molecule has 1 aliphatic rings. The van der Waals surface area contributed by atoms with Gasteiger partial charge in [0.25, 0.3) is 0 Å². The Balaban J connectivity index is 2.06. The summed E-state index contributed by atoms with van der Waals surface area (Å²) in [5.41, 5.74) is 0. The van der Waals surface area contributed by atoms with Crippen LogP contribution in [-0.4, -0.2) is 26.2 Å². The number of benzene rings is 1. The molecule has 0 bridgehead atoms. The van der Waals surface area contributed by atoms with E-state index in [-0.39, 0.29) is 23.6 Å². The number of sulfonamides is 1. The quantitative estimate of drug-likeness (QED) is 0.893. The van der Waals surface area contributed by atoms with Gasteiger partial charge in [-0.3, -0.25) is 0 Å². The summed E-state index contributed by atoms with van der Waals surface area (Å²) in [6, 6.07) is 3.44. The second kappa shape index (κ2) is 5.75. The summed E-state index contributed by atoms with van der Waals surface area (Å²) in [5.74, 6) is -0.772. The lowest BCUT2D eigenvalue weighted by atomic mass is 10.1. The Morgan fingerprint density at radius 1 is 1.42 bits per heavy atom. The van der Waals surface area contributed by atoms with Gasteiger partial charge in [0.05, 0.1) is 6.10 Å². The number of aliphatic hydroxyl groups excluding tert-OH is 1. The average Bonchev–Trinajstić information content (AvgIpc) is 2.72. The first-order chi connectivity index (χ1) is 8.88. The third kappa shape index (κ3) is 3.66. The zero-order chi connectivity index (χ0) is 14.0. The van der Waals surface area contributed by atoms with Gasteiger partial charge in [-0.1, -0.05) is 11.6 Å². The van der Waals surface area contributed by atoms with Crippen LogP contribution in [0, 0.1) is 11.7 Å². The number of hydrogen-bond donors (Lipinski definition) is 2. The van der Waals surface area contributed by atoms with Gasteiger partial charge in [0.2, 0.25) is 10.0 Å². The molecule has 1 aromatic rings. The number of hydrogen-bond acceptors (Lipinski definition) is 3. The summed E-state index contributed by atoms with van der Waals surface area (Å²) in [4.78, 5) is -0.407. The molecule has 2 atom stereocenters. The molecule has 0 heterocycles. The fourth-order valence-electron chi connectivity index (χ4n) is 2.23. The van der Waals surface area contributed by atoms with E-state index in [0.717, 1.165) is 18.6 Å². The van der Waals surface area contributed by atoms with Crippen molar-refractivity contribution in [2.45, 2.75) is 30.3 Å². The normalized spacial score (nSPS) is 23.7. The fraction of sp³-hybridized carbons (Fsp3) is 0.500. The molecular weight excluding hydrogens is 293 g/mol. The molecule has 0 saturated heterocycles. The fourth-order valence-corrected chi connectivity index (χ4v) is 3.56. The van der Waals surface area contributed by atoms with Crippen LogP contribution in [-0.2, 0) is 10.0 Å². The molecule has 106 valence electrons. The molecule has 19 heavy (non-hydrogen) atoms. The maximum atomic E-state index is 13.6. The first-order valence-corrected chi connectivity index (χ1v) is 7.87. The van der Waals surface area contributed by atoms with Crippen LogP contribution in [0.25, 0.3) is 0 Å². The standard InChI is InChI=1S/C12H15ClFNO3S/c13-9-2-4-12(11(14)6-9)19(17,18)15-7-8-1-3-10(16)5-8/h2,4,6,8,10,15-16H,1,3,5,7H2. The van der Waals surface area contributed by atoms with Gasteiger partial charge in [-0.25, -0.2) is 17.5 Å². The SMILES string of the molecule is O=S(=O)(NCC1CCC(O)C1)c1ccc(Cl)cc1F. The number of halogens is 2. The molecule has 1 aliphatic carbocycles. The van der Waals surface area contributed by atoms with Crippen molar-refractivity contribution in [3.63, 3.8) is 0 Å². The van der Waals surface area contributed by atoms with Crippen molar-refractivity contribution in [2.75, 3.05) is 6.54 Å². The molecule has 1 aromatic carbocycles. The van der Waals surface area contributed by atoms with Gasteiger partial charge in [0, 0.05) is 11.6 Å². The molecule has 2 N–H and O–H groups in total. The summed E-state index contributed by atoms with van der Waals surface area (Å²) in [6.45, 7) is 0.210. The Hall–Kier alpha value is -0.690. The maximum Gasteiger partial charge on any atom is 0.243 e. The number of nitrogens with one attached hydrogen (secondary N) is 1. The third-order valence-electron chi connectivity index (χ3n) is 3.26. The van der Waals surface area contributed by atoms with E-state index in [4.69, 9.17) is 11.6 Å². The van der Waals surface area contributed by atoms with Crippen LogP contribution in [0.1, 0.15) is 19.3 Å². The van der Waals surface area contributed by atoms with Gasteiger partial charge in [-0.2, -0.15) is 0 Å². The smallest absolute Gasteiger partial charge is 0.243 e. The zero-order valence-corrected chi connectivity index (χ0v) is 11.7. The van der Waals surface area contributed by atoms with E-state index in [2.05, 4.69) is 4.72 Å². The second-order valence-corrected chi connectivity index (χ2v) is 6.93. The van der Waals surface area contributed by atoms with Crippen LogP contribution in [0.2, 0.25) is 5.02 Å². The first kappa shape index (κ1) is 14.7. The van der Waals surface area contributed by atoms with Gasteiger partial charge in [0.15, 0.2) is 0 Å². The minimum Gasteiger partial charge on any atom is -0.393 e. The molecule has 2 rings (SSSR count). The molecule has 7 heteroatoms. The van der Waals surface area contributed by atoms with Gasteiger partial charge in [-0.15, -0.1) is 0 Å². The molecule has 0 spiro atoms. The van der Waals surface area contributed by atoms with Crippen LogP contribution in [0.4, 0.5) is 4.39 Å². The topological polar surface area (TPSA) is 66.4 Å². The van der Waals surface area contributed by atoms with Crippen LogP contribution in [0.5, 0.6) is 0 Å². The summed E-state index contributed by atoms with van der Waals surface area (Å²) >= 11 is 5.58. The van der Waals surface area contributed by atoms with Crippen molar-refractivity contribution < 1.29 is 17.9 Å². The summed E-state index contributed by atoms with van der Waals surface area (Å²) in [5, 5.41) is 9.52. The molecule has 0 amide bonds. The lowest BCUT2D eigenvalue weighted by Gasteiger charge is -2.12. The van der Waals surface area contributed by atoms with Crippen molar-refractivity contribution in [1.29, 1.82) is 0 Å². The molecular formula is C12H15ClFNO3S. The Bertz CT molecular complexity index is 564. The molecule has 4 nitrogen and oxygen atoms in total. The minimum atomic E-state index is -3.88. The molecule has 0 radical (unpaired) electrons. The van der Waals surface area contributed by atoms with Crippen LogP contribution in [0.15, 0.2) is 23.1 Å². The van der Waals surface area contributed by atoms with Crippen LogP contribution >= 0.6 is 11.6 Å². The molecule has 1 fully saturated rings. The predicted molar refractivity (Wildman–Crippen MR) is 69.9 cm³/mol. The van der Waals surface area contributed by atoms with Gasteiger partial charge >= 0.3 is 0 Å². The van der Waals surface area contributed by atoms with Gasteiger partial charge in [-0.05, 0) is 43.4 Å². The van der Waals surface area contributed by atoms with E-state index >= 15 is 0 Å². The van der Waals surface area contributed by atoms with Crippen molar-refractivity contribution in [3.8, 4) is 0 Å². The van der Waals surface area contributed by atoms with E-state index in [1.807, 2.05) is 0 Å². The Morgan fingerprint density at radius 3 is 2.74 bits per heavy atom. The maximum absolute atomic E-state index is 13.6. The van der Waals surface area contributed by atoms with Gasteiger partial charge < -0.3 is 5.11 Å². The highest BCUT2D eigenvalue weighted by Gasteiger charge is 2.25. The summed E-state index contributed by atoms with van der Waals surface area (Å²) < 4.78 is 39.8. The van der Waals surface area contributed by atoms with Crippen molar-refractivity contribution in [1.82, 2.24) is 4.72 Å². The molecule has 0 aliphatic heterocycles. The summed E-state index contributed by atoms with van der Waals surface area (Å²) in [6.07, 6.45) is 1.67.